The van der Waals surface area contributed by atoms with Gasteiger partial charge in [0.05, 0.1) is 0 Å². The van der Waals surface area contributed by atoms with Gasteiger partial charge in [-0.25, -0.2) is 4.79 Å². The molecule has 0 bridgehead atoms. The van der Waals surface area contributed by atoms with Crippen molar-refractivity contribution in [2.24, 2.45) is 0 Å². The monoisotopic (exact) mass is 192 g/mol. The number of ether oxygens (including phenoxy) is 1. The molecule has 0 spiro atoms. The van der Waals surface area contributed by atoms with Crippen LogP contribution in [0.25, 0.3) is 0 Å². The fourth-order valence-electron chi connectivity index (χ4n) is 0.945. The molecule has 0 heterocycles. The Bertz CT molecular complexity index is 298. The van der Waals surface area contributed by atoms with E-state index in [9.17, 15) is 4.79 Å². The van der Waals surface area contributed by atoms with Gasteiger partial charge in [0.15, 0.2) is 0 Å². The Labute approximate surface area is 82.4 Å². The second-order valence-electron chi connectivity index (χ2n) is 2.60. The van der Waals surface area contributed by atoms with Crippen molar-refractivity contribution in [1.29, 1.82) is 5.41 Å². The quantitative estimate of drug-likeness (QED) is 0.420. The van der Waals surface area contributed by atoms with Gasteiger partial charge in [0.25, 0.3) is 0 Å². The number of para-hydroxylation sites is 1. The van der Waals surface area contributed by atoms with Gasteiger partial charge in [-0.1, -0.05) is 18.2 Å². The van der Waals surface area contributed by atoms with E-state index < -0.39 is 5.97 Å². The van der Waals surface area contributed by atoms with E-state index in [1.807, 2.05) is 30.3 Å². The highest BCUT2D eigenvalue weighted by Gasteiger charge is 1.95. The van der Waals surface area contributed by atoms with Crippen LogP contribution in [0.15, 0.2) is 30.3 Å². The Morgan fingerprint density at radius 2 is 2.14 bits per heavy atom. The molecular weight excluding hydrogens is 180 g/mol. The molecule has 0 aromatic heterocycles. The molecule has 0 amide bonds. The molecule has 0 aliphatic heterocycles. The zero-order valence-corrected chi connectivity index (χ0v) is 7.69. The van der Waals surface area contributed by atoms with E-state index in [0.29, 0.717) is 12.8 Å². The molecule has 0 radical (unpaired) electrons. The van der Waals surface area contributed by atoms with Crippen molar-refractivity contribution in [3.63, 3.8) is 0 Å². The van der Waals surface area contributed by atoms with E-state index in [2.05, 4.69) is 10.1 Å². The molecule has 0 atom stereocenters. The van der Waals surface area contributed by atoms with Crippen LogP contribution in [0.4, 0.5) is 5.69 Å². The largest absolute Gasteiger partial charge is 0.460 e. The molecule has 0 saturated carbocycles. The van der Waals surface area contributed by atoms with E-state index in [1.54, 1.807) is 0 Å². The van der Waals surface area contributed by atoms with Gasteiger partial charge in [0, 0.05) is 12.2 Å². The first-order valence-corrected chi connectivity index (χ1v) is 4.29. The van der Waals surface area contributed by atoms with E-state index in [1.165, 1.54) is 0 Å². The molecule has 74 valence electrons. The first kappa shape index (κ1) is 10.2. The van der Waals surface area contributed by atoms with Crippen molar-refractivity contribution >= 4 is 17.9 Å². The molecule has 0 unspecified atom stereocenters. The molecule has 0 aliphatic carbocycles. The third-order valence-electron chi connectivity index (χ3n) is 1.57. The molecule has 2 N–H and O–H groups in total. The molecule has 0 saturated heterocycles. The fraction of sp³-hybridized carbons (Fsp3) is 0.200. The standard InChI is InChI=1S/C10H12N2O2/c11-8-10(13)14-7-6-12-9-4-2-1-3-5-9/h1-5,8,11-12H,6-7H2. The van der Waals surface area contributed by atoms with Crippen LogP contribution in [0, 0.1) is 5.41 Å². The molecule has 0 fully saturated rings. The van der Waals surface area contributed by atoms with Crippen molar-refractivity contribution in [3.8, 4) is 0 Å². The molecule has 1 aromatic carbocycles. The summed E-state index contributed by atoms with van der Waals surface area (Å²) in [5, 5.41) is 9.66. The van der Waals surface area contributed by atoms with Crippen LogP contribution in [-0.4, -0.2) is 25.3 Å². The van der Waals surface area contributed by atoms with Gasteiger partial charge in [-0.3, -0.25) is 0 Å². The minimum Gasteiger partial charge on any atom is -0.460 e. The van der Waals surface area contributed by atoms with Crippen LogP contribution < -0.4 is 5.32 Å². The lowest BCUT2D eigenvalue weighted by Crippen LogP contribution is -2.13. The van der Waals surface area contributed by atoms with Gasteiger partial charge in [-0.05, 0) is 12.1 Å². The number of hydrogen-bond acceptors (Lipinski definition) is 4. The summed E-state index contributed by atoms with van der Waals surface area (Å²) in [6, 6.07) is 9.63. The first-order chi connectivity index (χ1) is 6.83. The fourth-order valence-corrected chi connectivity index (χ4v) is 0.945. The van der Waals surface area contributed by atoms with Gasteiger partial charge in [-0.2, -0.15) is 0 Å². The molecule has 0 aliphatic rings. The second kappa shape index (κ2) is 5.75. The number of hydrogen-bond donors (Lipinski definition) is 2. The first-order valence-electron chi connectivity index (χ1n) is 4.29. The van der Waals surface area contributed by atoms with E-state index in [0.717, 1.165) is 5.69 Å². The SMILES string of the molecule is N=CC(=O)OCCNc1ccccc1. The van der Waals surface area contributed by atoms with Gasteiger partial charge >= 0.3 is 5.97 Å². The third kappa shape index (κ3) is 3.71. The number of esters is 1. The van der Waals surface area contributed by atoms with Crippen LogP contribution in [0.1, 0.15) is 0 Å². The van der Waals surface area contributed by atoms with Crippen LogP contribution in [0.2, 0.25) is 0 Å². The molecule has 1 aromatic rings. The van der Waals surface area contributed by atoms with Crippen LogP contribution in [-0.2, 0) is 9.53 Å². The molecule has 1 rings (SSSR count). The normalized spacial score (nSPS) is 9.14. The third-order valence-corrected chi connectivity index (χ3v) is 1.57. The second-order valence-corrected chi connectivity index (χ2v) is 2.60. The van der Waals surface area contributed by atoms with Gasteiger partial charge in [0.2, 0.25) is 0 Å². The maximum absolute atomic E-state index is 10.5. The summed E-state index contributed by atoms with van der Waals surface area (Å²) in [6.45, 7) is 0.812. The Kier molecular flexibility index (Phi) is 4.20. The summed E-state index contributed by atoms with van der Waals surface area (Å²) < 4.78 is 4.67. The highest BCUT2D eigenvalue weighted by molar-refractivity contribution is 6.21. The lowest BCUT2D eigenvalue weighted by atomic mass is 10.3. The van der Waals surface area contributed by atoms with Crippen molar-refractivity contribution in [2.45, 2.75) is 0 Å². The number of anilines is 1. The number of rotatable bonds is 5. The predicted molar refractivity (Wildman–Crippen MR) is 54.7 cm³/mol. The van der Waals surface area contributed by atoms with E-state index >= 15 is 0 Å². The number of carbonyl (C=O) groups is 1. The number of carbonyl (C=O) groups excluding carboxylic acids is 1. The Morgan fingerprint density at radius 1 is 1.43 bits per heavy atom. The summed E-state index contributed by atoms with van der Waals surface area (Å²) in [4.78, 5) is 10.5. The summed E-state index contributed by atoms with van der Waals surface area (Å²) >= 11 is 0. The van der Waals surface area contributed by atoms with Gasteiger partial charge in [0.1, 0.15) is 12.8 Å². The van der Waals surface area contributed by atoms with E-state index in [4.69, 9.17) is 5.41 Å². The minimum atomic E-state index is -0.611. The Morgan fingerprint density at radius 3 is 2.79 bits per heavy atom. The average Bonchev–Trinajstić information content (AvgIpc) is 2.25. The lowest BCUT2D eigenvalue weighted by molar-refractivity contribution is -0.134. The summed E-state index contributed by atoms with van der Waals surface area (Å²) in [6.07, 6.45) is 0.655. The molecule has 4 nitrogen and oxygen atoms in total. The summed E-state index contributed by atoms with van der Waals surface area (Å²) in [7, 11) is 0. The minimum absolute atomic E-state index is 0.267. The predicted octanol–water partition coefficient (Wildman–Crippen LogP) is 1.29. The molecule has 14 heavy (non-hydrogen) atoms. The highest BCUT2D eigenvalue weighted by atomic mass is 16.5. The zero-order valence-electron chi connectivity index (χ0n) is 7.69. The van der Waals surface area contributed by atoms with Crippen molar-refractivity contribution in [3.05, 3.63) is 30.3 Å². The number of benzene rings is 1. The Hall–Kier alpha value is -1.84. The smallest absolute Gasteiger partial charge is 0.348 e. The van der Waals surface area contributed by atoms with Crippen LogP contribution in [0.5, 0.6) is 0 Å². The van der Waals surface area contributed by atoms with Crippen molar-refractivity contribution in [2.75, 3.05) is 18.5 Å². The molecular formula is C10H12N2O2. The number of nitrogens with one attached hydrogen (secondary N) is 2. The van der Waals surface area contributed by atoms with Crippen molar-refractivity contribution < 1.29 is 9.53 Å². The average molecular weight is 192 g/mol. The molecule has 4 heteroatoms. The Balaban J connectivity index is 2.16. The zero-order chi connectivity index (χ0) is 10.2. The van der Waals surface area contributed by atoms with E-state index in [-0.39, 0.29) is 6.61 Å². The van der Waals surface area contributed by atoms with Gasteiger partial charge < -0.3 is 15.5 Å². The summed E-state index contributed by atoms with van der Waals surface area (Å²) in [5.74, 6) is -0.611. The van der Waals surface area contributed by atoms with Gasteiger partial charge in [-0.15, -0.1) is 0 Å². The highest BCUT2D eigenvalue weighted by Crippen LogP contribution is 2.03. The lowest BCUT2D eigenvalue weighted by Gasteiger charge is -2.05. The van der Waals surface area contributed by atoms with Crippen molar-refractivity contribution in [1.82, 2.24) is 0 Å². The maximum Gasteiger partial charge on any atom is 0.348 e. The van der Waals surface area contributed by atoms with Crippen LogP contribution in [0.3, 0.4) is 0 Å². The topological polar surface area (TPSA) is 62.2 Å². The summed E-state index contributed by atoms with van der Waals surface area (Å²) in [5.41, 5.74) is 0.985. The van der Waals surface area contributed by atoms with Crippen LogP contribution >= 0.6 is 0 Å². The maximum atomic E-state index is 10.5.